The number of hydrogen-bond acceptors (Lipinski definition) is 8. The van der Waals surface area contributed by atoms with Crippen LogP contribution in [0.5, 0.6) is 0 Å². The Hall–Kier alpha value is -4.47. The number of carbonyl (C=O) groups excluding carboxylic acids is 2. The number of aromatic nitrogens is 3. The van der Waals surface area contributed by atoms with Crippen molar-refractivity contribution in [1.29, 1.82) is 0 Å². The predicted molar refractivity (Wildman–Crippen MR) is 128 cm³/mol. The zero-order valence-corrected chi connectivity index (χ0v) is 18.6. The number of pyridine rings is 1. The number of benzene rings is 2. The number of nitrogens with zero attached hydrogens (tertiary/aromatic N) is 5. The number of anilines is 4. The Labute approximate surface area is 195 Å². The zero-order valence-electron chi connectivity index (χ0n) is 18.6. The summed E-state index contributed by atoms with van der Waals surface area (Å²) in [6.45, 7) is 4.35. The van der Waals surface area contributed by atoms with Gasteiger partial charge in [-0.3, -0.25) is 9.59 Å². The maximum Gasteiger partial charge on any atom is 0.320 e. The highest BCUT2D eigenvalue weighted by Gasteiger charge is 2.20. The molecule has 4 aromatic rings. The van der Waals surface area contributed by atoms with Crippen LogP contribution >= 0.6 is 0 Å². The summed E-state index contributed by atoms with van der Waals surface area (Å²) in [6.07, 6.45) is 1.58. The third kappa shape index (κ3) is 4.65. The second-order valence-electron chi connectivity index (χ2n) is 7.95. The molecule has 10 nitrogen and oxygen atoms in total. The van der Waals surface area contributed by atoms with E-state index in [1.807, 2.05) is 53.4 Å². The van der Waals surface area contributed by atoms with Gasteiger partial charge in [0.15, 0.2) is 0 Å². The molecule has 1 saturated heterocycles. The summed E-state index contributed by atoms with van der Waals surface area (Å²) < 4.78 is 5.48. The maximum atomic E-state index is 12.5. The van der Waals surface area contributed by atoms with Crippen LogP contribution in [0.25, 0.3) is 10.8 Å². The minimum atomic E-state index is -0.524. The van der Waals surface area contributed by atoms with Crippen molar-refractivity contribution in [2.24, 2.45) is 0 Å². The Kier molecular flexibility index (Phi) is 5.77. The molecule has 2 amide bonds. The van der Waals surface area contributed by atoms with Crippen molar-refractivity contribution < 1.29 is 14.0 Å². The van der Waals surface area contributed by atoms with Crippen LogP contribution in [0.4, 0.5) is 23.2 Å². The summed E-state index contributed by atoms with van der Waals surface area (Å²) in [7, 11) is 0. The molecule has 1 fully saturated rings. The first kappa shape index (κ1) is 21.4. The molecule has 0 atom stereocenters. The van der Waals surface area contributed by atoms with E-state index in [0.717, 1.165) is 22.3 Å². The molecule has 5 rings (SSSR count). The van der Waals surface area contributed by atoms with Crippen LogP contribution in [0.3, 0.4) is 0 Å². The highest BCUT2D eigenvalue weighted by Crippen LogP contribution is 2.22. The van der Waals surface area contributed by atoms with Crippen LogP contribution in [0.2, 0.25) is 0 Å². The molecule has 2 aromatic heterocycles. The molecular weight excluding hydrogens is 434 g/mol. The highest BCUT2D eigenvalue weighted by molar-refractivity contribution is 6.00. The lowest BCUT2D eigenvalue weighted by atomic mass is 10.1. The Morgan fingerprint density at radius 2 is 1.68 bits per heavy atom. The van der Waals surface area contributed by atoms with Gasteiger partial charge >= 0.3 is 17.8 Å². The molecular formula is C24H23N7O3. The van der Waals surface area contributed by atoms with Gasteiger partial charge in [0.05, 0.1) is 11.9 Å². The summed E-state index contributed by atoms with van der Waals surface area (Å²) in [4.78, 5) is 32.4. The summed E-state index contributed by atoms with van der Waals surface area (Å²) >= 11 is 0. The van der Waals surface area contributed by atoms with Gasteiger partial charge in [0.25, 0.3) is 0 Å². The molecule has 0 radical (unpaired) electrons. The van der Waals surface area contributed by atoms with Gasteiger partial charge in [-0.15, -0.1) is 5.10 Å². The lowest BCUT2D eigenvalue weighted by Gasteiger charge is -2.34. The molecule has 3 heterocycles. The van der Waals surface area contributed by atoms with Gasteiger partial charge in [-0.2, -0.15) is 0 Å². The van der Waals surface area contributed by atoms with Crippen molar-refractivity contribution in [2.75, 3.05) is 41.7 Å². The fraction of sp³-hybridized carbons (Fsp3) is 0.208. The smallest absolute Gasteiger partial charge is 0.320 e. The van der Waals surface area contributed by atoms with Gasteiger partial charge in [-0.05, 0) is 35.0 Å². The first-order chi connectivity index (χ1) is 16.5. The minimum absolute atomic E-state index is 0.0855. The molecule has 0 unspecified atom stereocenters. The third-order valence-corrected chi connectivity index (χ3v) is 5.67. The van der Waals surface area contributed by atoms with Crippen LogP contribution in [-0.4, -0.2) is 58.1 Å². The minimum Gasteiger partial charge on any atom is -0.399 e. The van der Waals surface area contributed by atoms with E-state index >= 15 is 0 Å². The summed E-state index contributed by atoms with van der Waals surface area (Å²) in [6, 6.07) is 17.6. The van der Waals surface area contributed by atoms with E-state index in [0.29, 0.717) is 31.9 Å². The summed E-state index contributed by atoms with van der Waals surface area (Å²) in [5.41, 5.74) is 1.29. The maximum absolute atomic E-state index is 12.5. The van der Waals surface area contributed by atoms with Gasteiger partial charge in [0, 0.05) is 38.8 Å². The second kappa shape index (κ2) is 9.18. The molecule has 34 heavy (non-hydrogen) atoms. The summed E-state index contributed by atoms with van der Waals surface area (Å²) in [5.74, 6) is 0.194. The van der Waals surface area contributed by atoms with E-state index in [-0.39, 0.29) is 17.8 Å². The average Bonchev–Trinajstić information content (AvgIpc) is 3.33. The Bertz CT molecular complexity index is 1330. The van der Waals surface area contributed by atoms with Crippen LogP contribution < -0.4 is 15.5 Å². The number of hydrogen-bond donors (Lipinski definition) is 2. The van der Waals surface area contributed by atoms with Crippen molar-refractivity contribution in [2.45, 2.75) is 6.92 Å². The van der Waals surface area contributed by atoms with Crippen molar-refractivity contribution >= 4 is 45.8 Å². The Morgan fingerprint density at radius 1 is 0.912 bits per heavy atom. The topological polar surface area (TPSA) is 116 Å². The van der Waals surface area contributed by atoms with E-state index in [2.05, 4.69) is 30.7 Å². The molecule has 1 aliphatic heterocycles. The quantitative estimate of drug-likeness (QED) is 0.469. The number of amides is 2. The van der Waals surface area contributed by atoms with Gasteiger partial charge < -0.3 is 24.9 Å². The Morgan fingerprint density at radius 3 is 2.41 bits per heavy atom. The first-order valence-corrected chi connectivity index (χ1v) is 10.9. The van der Waals surface area contributed by atoms with Crippen LogP contribution in [0.1, 0.15) is 17.6 Å². The molecule has 10 heteroatoms. The lowest BCUT2D eigenvalue weighted by Crippen LogP contribution is -2.48. The molecule has 2 N–H and O–H groups in total. The molecule has 1 aliphatic rings. The Balaban J connectivity index is 1.19. The van der Waals surface area contributed by atoms with E-state index in [1.165, 1.54) is 0 Å². The molecule has 172 valence electrons. The number of fused-ring (bicyclic) bond motifs is 1. The lowest BCUT2D eigenvalue weighted by molar-refractivity contribution is -0.129. The normalized spacial score (nSPS) is 13.7. The van der Waals surface area contributed by atoms with E-state index in [9.17, 15) is 9.59 Å². The van der Waals surface area contributed by atoms with Crippen molar-refractivity contribution in [3.63, 3.8) is 0 Å². The third-order valence-electron chi connectivity index (χ3n) is 5.67. The molecule has 0 saturated carbocycles. The monoisotopic (exact) mass is 457 g/mol. The molecule has 0 aliphatic carbocycles. The highest BCUT2D eigenvalue weighted by atomic mass is 16.4. The predicted octanol–water partition coefficient (Wildman–Crippen LogP) is 3.28. The summed E-state index contributed by atoms with van der Waals surface area (Å²) in [5, 5.41) is 15.7. The van der Waals surface area contributed by atoms with E-state index < -0.39 is 5.91 Å². The number of carbonyl (C=O) groups is 2. The number of piperazine rings is 1. The van der Waals surface area contributed by atoms with Crippen molar-refractivity contribution in [1.82, 2.24) is 20.1 Å². The second-order valence-corrected chi connectivity index (χ2v) is 7.95. The average molecular weight is 457 g/mol. The first-order valence-electron chi connectivity index (χ1n) is 10.9. The van der Waals surface area contributed by atoms with Crippen LogP contribution in [-0.2, 0) is 4.79 Å². The van der Waals surface area contributed by atoms with Gasteiger partial charge in [0.2, 0.25) is 5.91 Å². The van der Waals surface area contributed by atoms with Crippen molar-refractivity contribution in [3.05, 3.63) is 66.7 Å². The van der Waals surface area contributed by atoms with Gasteiger partial charge in [0.1, 0.15) is 5.82 Å². The molecule has 0 spiro atoms. The number of rotatable bonds is 5. The van der Waals surface area contributed by atoms with E-state index in [4.69, 9.17) is 4.42 Å². The SMILES string of the molecule is CC(=O)N1CCN(c2ccc(NC(=O)c3nnc(Nc4ccc5ccccc5c4)o3)cn2)CC1. The number of nitrogens with one attached hydrogen (secondary N) is 2. The standard InChI is InChI=1S/C24H23N7O3/c1-16(32)30-10-12-31(13-11-30)21-9-8-20(15-25-21)26-22(33)23-28-29-24(34-23)27-19-7-6-17-4-2-3-5-18(17)14-19/h2-9,14-15H,10-13H2,1H3,(H,26,33)(H,27,29). The molecule has 0 bridgehead atoms. The van der Waals surface area contributed by atoms with Crippen LogP contribution in [0.15, 0.2) is 65.2 Å². The molecule has 2 aromatic carbocycles. The van der Waals surface area contributed by atoms with Crippen LogP contribution in [0, 0.1) is 0 Å². The largest absolute Gasteiger partial charge is 0.399 e. The fourth-order valence-electron chi connectivity index (χ4n) is 3.84. The fourth-order valence-corrected chi connectivity index (χ4v) is 3.84. The van der Waals surface area contributed by atoms with Gasteiger partial charge in [-0.25, -0.2) is 4.98 Å². The van der Waals surface area contributed by atoms with E-state index in [1.54, 1.807) is 19.2 Å². The zero-order chi connectivity index (χ0) is 23.5. The van der Waals surface area contributed by atoms with Crippen molar-refractivity contribution in [3.8, 4) is 0 Å². The van der Waals surface area contributed by atoms with Gasteiger partial charge in [-0.1, -0.05) is 35.4 Å².